The minimum Gasteiger partial charge on any atom is -0.314 e. The number of piperazine rings is 1. The lowest BCUT2D eigenvalue weighted by atomic mass is 10.2. The second kappa shape index (κ2) is 6.33. The lowest BCUT2D eigenvalue weighted by Crippen LogP contribution is -2.43. The van der Waals surface area contributed by atoms with E-state index in [-0.39, 0.29) is 0 Å². The van der Waals surface area contributed by atoms with Crippen LogP contribution in [-0.4, -0.2) is 42.6 Å². The molecule has 0 aromatic carbocycles. The van der Waals surface area contributed by atoms with Crippen LogP contribution < -0.4 is 5.32 Å². The van der Waals surface area contributed by atoms with E-state index >= 15 is 0 Å². The van der Waals surface area contributed by atoms with E-state index in [2.05, 4.69) is 27.5 Å². The standard InChI is InChI=1S/C12H21N3S/c1-2-12-14-11(10-16-12)4-3-7-15-8-5-13-6-9-15/h10,13H,2-9H2,1H3. The Hall–Kier alpha value is -0.450. The van der Waals surface area contributed by atoms with E-state index in [9.17, 15) is 0 Å². The minimum absolute atomic E-state index is 1.07. The molecule has 0 spiro atoms. The van der Waals surface area contributed by atoms with Gasteiger partial charge >= 0.3 is 0 Å². The van der Waals surface area contributed by atoms with Gasteiger partial charge in [0.25, 0.3) is 0 Å². The Morgan fingerprint density at radius 1 is 1.44 bits per heavy atom. The Kier molecular flexibility index (Phi) is 4.75. The lowest BCUT2D eigenvalue weighted by molar-refractivity contribution is 0.238. The largest absolute Gasteiger partial charge is 0.314 e. The summed E-state index contributed by atoms with van der Waals surface area (Å²) < 4.78 is 0. The first-order valence-corrected chi connectivity index (χ1v) is 7.13. The third-order valence-electron chi connectivity index (χ3n) is 3.02. The van der Waals surface area contributed by atoms with E-state index in [1.165, 1.54) is 36.8 Å². The molecule has 0 amide bonds. The predicted octanol–water partition coefficient (Wildman–Crippen LogP) is 1.54. The highest BCUT2D eigenvalue weighted by molar-refractivity contribution is 7.09. The molecule has 1 aromatic rings. The fourth-order valence-electron chi connectivity index (χ4n) is 2.04. The Labute approximate surface area is 102 Å². The average molecular weight is 239 g/mol. The topological polar surface area (TPSA) is 28.2 Å². The zero-order chi connectivity index (χ0) is 11.2. The zero-order valence-corrected chi connectivity index (χ0v) is 10.9. The summed E-state index contributed by atoms with van der Waals surface area (Å²) >= 11 is 1.80. The molecule has 16 heavy (non-hydrogen) atoms. The van der Waals surface area contributed by atoms with Gasteiger partial charge < -0.3 is 10.2 Å². The second-order valence-electron chi connectivity index (χ2n) is 4.28. The summed E-state index contributed by atoms with van der Waals surface area (Å²) in [5.74, 6) is 0. The molecule has 3 nitrogen and oxygen atoms in total. The highest BCUT2D eigenvalue weighted by Crippen LogP contribution is 2.12. The molecule has 90 valence electrons. The Morgan fingerprint density at radius 3 is 2.94 bits per heavy atom. The molecule has 0 unspecified atom stereocenters. The maximum atomic E-state index is 4.60. The first kappa shape index (κ1) is 12.0. The molecule has 0 atom stereocenters. The molecule has 4 heteroatoms. The Balaban J connectivity index is 1.66. The number of hydrogen-bond donors (Lipinski definition) is 1. The van der Waals surface area contributed by atoms with Crippen molar-refractivity contribution < 1.29 is 0 Å². The molecule has 1 fully saturated rings. The number of nitrogens with zero attached hydrogens (tertiary/aromatic N) is 2. The molecule has 0 saturated carbocycles. The van der Waals surface area contributed by atoms with Crippen LogP contribution >= 0.6 is 11.3 Å². The smallest absolute Gasteiger partial charge is 0.0925 e. The van der Waals surface area contributed by atoms with Gasteiger partial charge in [0, 0.05) is 31.6 Å². The number of aryl methyl sites for hydroxylation is 2. The van der Waals surface area contributed by atoms with E-state index in [1.54, 1.807) is 11.3 Å². The summed E-state index contributed by atoms with van der Waals surface area (Å²) in [5, 5.41) is 6.88. The highest BCUT2D eigenvalue weighted by Gasteiger charge is 2.09. The molecule has 2 heterocycles. The number of aromatic nitrogens is 1. The van der Waals surface area contributed by atoms with Crippen LogP contribution in [0.3, 0.4) is 0 Å². The number of nitrogens with one attached hydrogen (secondary N) is 1. The number of hydrogen-bond acceptors (Lipinski definition) is 4. The fourth-order valence-corrected chi connectivity index (χ4v) is 2.82. The second-order valence-corrected chi connectivity index (χ2v) is 5.22. The molecule has 1 aliphatic heterocycles. The summed E-state index contributed by atoms with van der Waals surface area (Å²) in [4.78, 5) is 7.14. The van der Waals surface area contributed by atoms with Crippen molar-refractivity contribution in [2.75, 3.05) is 32.7 Å². The van der Waals surface area contributed by atoms with Crippen LogP contribution in [0.25, 0.3) is 0 Å². The van der Waals surface area contributed by atoms with Crippen molar-refractivity contribution in [3.05, 3.63) is 16.1 Å². The molecule has 1 saturated heterocycles. The van der Waals surface area contributed by atoms with Crippen molar-refractivity contribution in [3.8, 4) is 0 Å². The van der Waals surface area contributed by atoms with E-state index in [4.69, 9.17) is 0 Å². The van der Waals surface area contributed by atoms with Gasteiger partial charge in [-0.3, -0.25) is 0 Å². The van der Waals surface area contributed by atoms with Gasteiger partial charge in [-0.1, -0.05) is 6.92 Å². The van der Waals surface area contributed by atoms with Gasteiger partial charge in [0.2, 0.25) is 0 Å². The summed E-state index contributed by atoms with van der Waals surface area (Å²) in [5.41, 5.74) is 1.29. The van der Waals surface area contributed by atoms with E-state index in [1.807, 2.05) is 0 Å². The van der Waals surface area contributed by atoms with Crippen LogP contribution in [0.4, 0.5) is 0 Å². The molecule has 0 radical (unpaired) electrons. The molecule has 2 rings (SSSR count). The first-order chi connectivity index (χ1) is 7.88. The quantitative estimate of drug-likeness (QED) is 0.845. The number of thiazole rings is 1. The Bertz CT molecular complexity index is 305. The van der Waals surface area contributed by atoms with Crippen LogP contribution in [0.15, 0.2) is 5.38 Å². The van der Waals surface area contributed by atoms with Crippen molar-refractivity contribution in [2.45, 2.75) is 26.2 Å². The SMILES string of the molecule is CCc1nc(CCCN2CCNCC2)cs1. The third kappa shape index (κ3) is 3.54. The monoisotopic (exact) mass is 239 g/mol. The molecular weight excluding hydrogens is 218 g/mol. The average Bonchev–Trinajstić information content (AvgIpc) is 2.78. The van der Waals surface area contributed by atoms with Gasteiger partial charge in [0.15, 0.2) is 0 Å². The Morgan fingerprint density at radius 2 is 2.25 bits per heavy atom. The van der Waals surface area contributed by atoms with Gasteiger partial charge in [-0.2, -0.15) is 0 Å². The third-order valence-corrected chi connectivity index (χ3v) is 4.06. The van der Waals surface area contributed by atoms with Crippen molar-refractivity contribution >= 4 is 11.3 Å². The minimum atomic E-state index is 1.07. The highest BCUT2D eigenvalue weighted by atomic mass is 32.1. The fraction of sp³-hybridized carbons (Fsp3) is 0.750. The first-order valence-electron chi connectivity index (χ1n) is 6.25. The van der Waals surface area contributed by atoms with Crippen LogP contribution in [0.1, 0.15) is 24.0 Å². The van der Waals surface area contributed by atoms with Crippen LogP contribution in [0.5, 0.6) is 0 Å². The zero-order valence-electron chi connectivity index (χ0n) is 10.0. The van der Waals surface area contributed by atoms with Crippen molar-refractivity contribution in [2.24, 2.45) is 0 Å². The normalized spacial score (nSPS) is 17.8. The van der Waals surface area contributed by atoms with Gasteiger partial charge in [0.1, 0.15) is 0 Å². The summed E-state index contributed by atoms with van der Waals surface area (Å²) in [6, 6.07) is 0. The van der Waals surface area contributed by atoms with Crippen molar-refractivity contribution in [1.29, 1.82) is 0 Å². The van der Waals surface area contributed by atoms with Gasteiger partial charge in [0.05, 0.1) is 10.7 Å². The lowest BCUT2D eigenvalue weighted by Gasteiger charge is -2.26. The summed E-state index contributed by atoms with van der Waals surface area (Å²) in [7, 11) is 0. The van der Waals surface area contributed by atoms with Crippen LogP contribution in [0, 0.1) is 0 Å². The van der Waals surface area contributed by atoms with Gasteiger partial charge in [-0.05, 0) is 25.8 Å². The molecule has 1 aromatic heterocycles. The van der Waals surface area contributed by atoms with Gasteiger partial charge in [-0.15, -0.1) is 11.3 Å². The molecule has 0 aliphatic carbocycles. The molecular formula is C12H21N3S. The molecule has 0 bridgehead atoms. The van der Waals surface area contributed by atoms with Crippen LogP contribution in [-0.2, 0) is 12.8 Å². The maximum absolute atomic E-state index is 4.60. The summed E-state index contributed by atoms with van der Waals surface area (Å²) in [6.07, 6.45) is 3.45. The van der Waals surface area contributed by atoms with E-state index in [0.717, 1.165) is 25.9 Å². The van der Waals surface area contributed by atoms with E-state index < -0.39 is 0 Å². The summed E-state index contributed by atoms with van der Waals surface area (Å²) in [6.45, 7) is 8.10. The van der Waals surface area contributed by atoms with Crippen molar-refractivity contribution in [3.63, 3.8) is 0 Å². The van der Waals surface area contributed by atoms with Crippen LogP contribution in [0.2, 0.25) is 0 Å². The van der Waals surface area contributed by atoms with Crippen molar-refractivity contribution in [1.82, 2.24) is 15.2 Å². The number of rotatable bonds is 5. The molecule has 1 N–H and O–H groups in total. The molecule has 1 aliphatic rings. The van der Waals surface area contributed by atoms with E-state index in [0.29, 0.717) is 0 Å². The maximum Gasteiger partial charge on any atom is 0.0925 e. The van der Waals surface area contributed by atoms with Gasteiger partial charge in [-0.25, -0.2) is 4.98 Å². The predicted molar refractivity (Wildman–Crippen MR) is 69.1 cm³/mol.